The average Bonchev–Trinajstić information content (AvgIpc) is 3.34. The van der Waals surface area contributed by atoms with Crippen LogP contribution in [0.1, 0.15) is 16.8 Å². The van der Waals surface area contributed by atoms with Crippen LogP contribution in [0.2, 0.25) is 0 Å². The number of fused-ring (bicyclic) bond motifs is 1. The molecule has 0 unspecified atom stereocenters. The molecule has 0 atom stereocenters. The van der Waals surface area contributed by atoms with E-state index in [1.807, 2.05) is 59.3 Å². The number of amides is 1. The number of thiazole rings is 1. The summed E-state index contributed by atoms with van der Waals surface area (Å²) < 4.78 is 4.08. The molecule has 0 aliphatic carbocycles. The van der Waals surface area contributed by atoms with Crippen LogP contribution in [-0.4, -0.2) is 27.0 Å². The molecule has 0 bridgehead atoms. The molecular weight excluding hydrogens is 460 g/mol. The lowest BCUT2D eigenvalue weighted by atomic mass is 10.2. The second-order valence-corrected chi connectivity index (χ2v) is 8.01. The zero-order chi connectivity index (χ0) is 18.6. The van der Waals surface area contributed by atoms with Crippen molar-refractivity contribution in [3.05, 3.63) is 77.3 Å². The molecule has 0 spiro atoms. The summed E-state index contributed by atoms with van der Waals surface area (Å²) >= 11 is 5.03. The number of carbonyl (C=O) groups excluding carboxylic acids is 1. The maximum Gasteiger partial charge on any atom is 0.260 e. The number of aryl methyl sites for hydroxylation is 1. The van der Waals surface area contributed by atoms with E-state index in [0.717, 1.165) is 32.8 Å². The van der Waals surface area contributed by atoms with E-state index < -0.39 is 0 Å². The molecular formula is C20H18BrClN4OS. The van der Waals surface area contributed by atoms with E-state index >= 15 is 0 Å². The van der Waals surface area contributed by atoms with Crippen LogP contribution in [0.15, 0.2) is 71.7 Å². The molecule has 2 aromatic carbocycles. The molecule has 2 heterocycles. The molecule has 4 rings (SSSR count). The number of hydrogen-bond acceptors (Lipinski definition) is 4. The number of rotatable bonds is 6. The fourth-order valence-corrected chi connectivity index (χ4v) is 4.39. The van der Waals surface area contributed by atoms with Gasteiger partial charge in [0.25, 0.3) is 5.91 Å². The minimum atomic E-state index is -0.0284. The predicted octanol–water partition coefficient (Wildman–Crippen LogP) is 5.41. The van der Waals surface area contributed by atoms with Gasteiger partial charge in [-0.05, 0) is 36.8 Å². The van der Waals surface area contributed by atoms with Crippen LogP contribution in [0, 0.1) is 0 Å². The van der Waals surface area contributed by atoms with Crippen LogP contribution < -0.4 is 4.90 Å². The monoisotopic (exact) mass is 476 g/mol. The molecule has 4 aromatic rings. The Morgan fingerprint density at radius 2 is 2.00 bits per heavy atom. The minimum Gasteiger partial charge on any atom is -0.337 e. The zero-order valence-electron chi connectivity index (χ0n) is 14.9. The highest BCUT2D eigenvalue weighted by atomic mass is 79.9. The van der Waals surface area contributed by atoms with Crippen LogP contribution in [0.3, 0.4) is 0 Å². The number of hydrogen-bond donors (Lipinski definition) is 0. The van der Waals surface area contributed by atoms with Gasteiger partial charge in [-0.3, -0.25) is 9.69 Å². The number of imidazole rings is 1. The van der Waals surface area contributed by atoms with Crippen LogP contribution in [-0.2, 0) is 6.54 Å². The third kappa shape index (κ3) is 4.60. The molecule has 5 nitrogen and oxygen atoms in total. The lowest BCUT2D eigenvalue weighted by molar-refractivity contribution is 0.0986. The molecule has 0 radical (unpaired) electrons. The van der Waals surface area contributed by atoms with Crippen molar-refractivity contribution in [2.45, 2.75) is 13.0 Å². The second-order valence-electron chi connectivity index (χ2n) is 6.09. The Hall–Kier alpha value is -2.22. The predicted molar refractivity (Wildman–Crippen MR) is 120 cm³/mol. The van der Waals surface area contributed by atoms with E-state index in [1.54, 1.807) is 17.4 Å². The third-order valence-electron chi connectivity index (χ3n) is 4.19. The van der Waals surface area contributed by atoms with Crippen molar-refractivity contribution in [1.82, 2.24) is 14.5 Å². The quantitative estimate of drug-likeness (QED) is 0.373. The van der Waals surface area contributed by atoms with Crippen LogP contribution in [0.4, 0.5) is 5.13 Å². The fraction of sp³-hybridized carbons (Fsp3) is 0.150. The summed E-state index contributed by atoms with van der Waals surface area (Å²) in [5.74, 6) is -0.0284. The number of anilines is 1. The highest BCUT2D eigenvalue weighted by Crippen LogP contribution is 2.31. The van der Waals surface area contributed by atoms with E-state index in [2.05, 4.69) is 20.9 Å². The first-order valence-corrected chi connectivity index (χ1v) is 10.2. The van der Waals surface area contributed by atoms with Gasteiger partial charge in [0.2, 0.25) is 0 Å². The Labute approximate surface area is 181 Å². The number of carbonyl (C=O) groups is 1. The Bertz CT molecular complexity index is 1050. The lowest BCUT2D eigenvalue weighted by Crippen LogP contribution is -2.32. The fourth-order valence-electron chi connectivity index (χ4n) is 2.85. The lowest BCUT2D eigenvalue weighted by Gasteiger charge is -2.20. The Kier molecular flexibility index (Phi) is 6.83. The standard InChI is InChI=1S/C20H17BrN4OS.ClH/c21-16-7-8-17-18(13-16)27-20(23-17)25(11-4-10-24-12-9-22-14-24)19(26)15-5-2-1-3-6-15;/h1-3,5-9,12-14H,4,10-11H2;1H. The average molecular weight is 478 g/mol. The van der Waals surface area contributed by atoms with Crippen LogP contribution in [0.5, 0.6) is 0 Å². The van der Waals surface area contributed by atoms with Crippen molar-refractivity contribution in [3.63, 3.8) is 0 Å². The van der Waals surface area contributed by atoms with E-state index in [-0.39, 0.29) is 18.3 Å². The van der Waals surface area contributed by atoms with Gasteiger partial charge in [-0.25, -0.2) is 9.97 Å². The molecule has 28 heavy (non-hydrogen) atoms. The van der Waals surface area contributed by atoms with E-state index in [9.17, 15) is 4.79 Å². The largest absolute Gasteiger partial charge is 0.337 e. The molecule has 8 heteroatoms. The van der Waals surface area contributed by atoms with E-state index in [4.69, 9.17) is 4.98 Å². The smallest absolute Gasteiger partial charge is 0.260 e. The number of halogens is 2. The zero-order valence-corrected chi connectivity index (χ0v) is 18.1. The molecule has 0 fully saturated rings. The van der Waals surface area contributed by atoms with Gasteiger partial charge in [0.15, 0.2) is 5.13 Å². The molecule has 0 N–H and O–H groups in total. The molecule has 0 aliphatic heterocycles. The van der Waals surface area contributed by atoms with Crippen molar-refractivity contribution in [1.29, 1.82) is 0 Å². The van der Waals surface area contributed by atoms with Gasteiger partial charge < -0.3 is 4.57 Å². The van der Waals surface area contributed by atoms with Crippen molar-refractivity contribution >= 4 is 60.9 Å². The first kappa shape index (κ1) is 20.5. The van der Waals surface area contributed by atoms with Gasteiger partial charge in [-0.1, -0.05) is 45.5 Å². The van der Waals surface area contributed by atoms with Gasteiger partial charge >= 0.3 is 0 Å². The molecule has 0 aliphatic rings. The third-order valence-corrected chi connectivity index (χ3v) is 5.73. The Morgan fingerprint density at radius 1 is 1.18 bits per heavy atom. The van der Waals surface area contributed by atoms with Gasteiger partial charge in [0, 0.05) is 35.5 Å². The van der Waals surface area contributed by atoms with Crippen molar-refractivity contribution in [2.75, 3.05) is 11.4 Å². The van der Waals surface area contributed by atoms with Gasteiger partial charge in [-0.15, -0.1) is 12.4 Å². The van der Waals surface area contributed by atoms with Gasteiger partial charge in [0.1, 0.15) is 0 Å². The summed E-state index contributed by atoms with van der Waals surface area (Å²) in [7, 11) is 0. The summed E-state index contributed by atoms with van der Waals surface area (Å²) in [5.41, 5.74) is 1.57. The maximum atomic E-state index is 13.1. The maximum absolute atomic E-state index is 13.1. The van der Waals surface area contributed by atoms with Gasteiger partial charge in [0.05, 0.1) is 16.5 Å². The molecule has 144 valence electrons. The normalized spacial score (nSPS) is 10.6. The Balaban J connectivity index is 0.00000225. The highest BCUT2D eigenvalue weighted by molar-refractivity contribution is 9.10. The topological polar surface area (TPSA) is 51.0 Å². The summed E-state index contributed by atoms with van der Waals surface area (Å²) in [5, 5.41) is 0.725. The molecule has 2 aromatic heterocycles. The summed E-state index contributed by atoms with van der Waals surface area (Å²) in [6, 6.07) is 15.3. The van der Waals surface area contributed by atoms with Crippen molar-refractivity contribution in [2.24, 2.45) is 0 Å². The first-order chi connectivity index (χ1) is 13.2. The molecule has 0 saturated heterocycles. The first-order valence-electron chi connectivity index (χ1n) is 8.59. The van der Waals surface area contributed by atoms with E-state index in [0.29, 0.717) is 12.1 Å². The van der Waals surface area contributed by atoms with Crippen LogP contribution >= 0.6 is 39.7 Å². The summed E-state index contributed by atoms with van der Waals surface area (Å²) in [6.07, 6.45) is 6.30. The van der Waals surface area contributed by atoms with Crippen molar-refractivity contribution in [3.8, 4) is 0 Å². The number of nitrogens with zero attached hydrogens (tertiary/aromatic N) is 4. The van der Waals surface area contributed by atoms with Crippen LogP contribution in [0.25, 0.3) is 10.2 Å². The van der Waals surface area contributed by atoms with E-state index in [1.165, 1.54) is 11.3 Å². The summed E-state index contributed by atoms with van der Waals surface area (Å²) in [6.45, 7) is 1.39. The molecule has 0 saturated carbocycles. The van der Waals surface area contributed by atoms with Crippen molar-refractivity contribution < 1.29 is 4.79 Å². The number of aromatic nitrogens is 3. The summed E-state index contributed by atoms with van der Waals surface area (Å²) in [4.78, 5) is 23.7. The second kappa shape index (κ2) is 9.32. The minimum absolute atomic E-state index is 0. The number of benzene rings is 2. The highest BCUT2D eigenvalue weighted by Gasteiger charge is 2.21. The Morgan fingerprint density at radius 3 is 2.75 bits per heavy atom. The SMILES string of the molecule is Cl.O=C(c1ccccc1)N(CCCn1ccnc1)c1nc2ccc(Br)cc2s1. The van der Waals surface area contributed by atoms with Gasteiger partial charge in [-0.2, -0.15) is 0 Å². The molecule has 1 amide bonds.